The fraction of sp³-hybridized carbons (Fsp3) is 0.667. The van der Waals surface area contributed by atoms with E-state index in [0.717, 1.165) is 0 Å². The standard InChI is InChI=1S/C12H17NO4S/c1-7(2)16-12(15)17-8(3)9-4-5-13-10(14)6-11(13)18-9/h4-5,7-9,11H,6H2,1-3H3/t8?,9?,11-/m1/s1. The summed E-state index contributed by atoms with van der Waals surface area (Å²) in [7, 11) is 0. The molecule has 2 aliphatic rings. The van der Waals surface area contributed by atoms with Gasteiger partial charge >= 0.3 is 6.16 Å². The Bertz CT molecular complexity index is 382. The van der Waals surface area contributed by atoms with E-state index in [1.165, 1.54) is 0 Å². The fourth-order valence-corrected chi connectivity index (χ4v) is 3.16. The number of carbonyl (C=O) groups is 2. The van der Waals surface area contributed by atoms with Gasteiger partial charge in [-0.15, -0.1) is 11.8 Å². The summed E-state index contributed by atoms with van der Waals surface area (Å²) in [6, 6.07) is 0. The smallest absolute Gasteiger partial charge is 0.432 e. The molecular weight excluding hydrogens is 254 g/mol. The van der Waals surface area contributed by atoms with E-state index in [1.54, 1.807) is 36.7 Å². The van der Waals surface area contributed by atoms with Crippen molar-refractivity contribution in [2.24, 2.45) is 0 Å². The van der Waals surface area contributed by atoms with Gasteiger partial charge in [0.1, 0.15) is 6.10 Å². The lowest BCUT2D eigenvalue weighted by Gasteiger charge is -2.42. The zero-order valence-corrected chi connectivity index (χ0v) is 11.5. The predicted molar refractivity (Wildman–Crippen MR) is 67.9 cm³/mol. The Morgan fingerprint density at radius 2 is 2.17 bits per heavy atom. The molecule has 2 rings (SSSR count). The molecule has 2 aliphatic heterocycles. The van der Waals surface area contributed by atoms with Crippen molar-refractivity contribution in [3.63, 3.8) is 0 Å². The number of nitrogens with zero attached hydrogens (tertiary/aromatic N) is 1. The molecule has 0 aliphatic carbocycles. The molecule has 0 bridgehead atoms. The SMILES string of the molecule is CC(C)OC(=O)OC(C)C1C=CN2C(=O)C[C@H]2S1. The van der Waals surface area contributed by atoms with Crippen LogP contribution in [0.1, 0.15) is 27.2 Å². The number of thioether (sulfide) groups is 1. The van der Waals surface area contributed by atoms with Gasteiger partial charge in [0.15, 0.2) is 0 Å². The molecule has 0 spiro atoms. The van der Waals surface area contributed by atoms with Crippen LogP contribution in [0.25, 0.3) is 0 Å². The Morgan fingerprint density at radius 3 is 2.72 bits per heavy atom. The minimum absolute atomic E-state index is 0.0686. The number of hydrogen-bond donors (Lipinski definition) is 0. The van der Waals surface area contributed by atoms with Crippen molar-refractivity contribution in [1.82, 2.24) is 4.90 Å². The molecule has 0 radical (unpaired) electrons. The highest BCUT2D eigenvalue weighted by molar-refractivity contribution is 8.00. The second-order valence-corrected chi connectivity index (χ2v) is 6.00. The average Bonchev–Trinajstić information content (AvgIpc) is 2.25. The number of fused-ring (bicyclic) bond motifs is 1. The molecule has 100 valence electrons. The highest BCUT2D eigenvalue weighted by Gasteiger charge is 2.40. The van der Waals surface area contributed by atoms with Crippen molar-refractivity contribution in [3.8, 4) is 0 Å². The summed E-state index contributed by atoms with van der Waals surface area (Å²) in [6.07, 6.45) is 3.15. The van der Waals surface area contributed by atoms with Crippen LogP contribution in [0.3, 0.4) is 0 Å². The van der Waals surface area contributed by atoms with Crippen LogP contribution in [-0.2, 0) is 14.3 Å². The van der Waals surface area contributed by atoms with Gasteiger partial charge < -0.3 is 14.4 Å². The number of ether oxygens (including phenoxy) is 2. The van der Waals surface area contributed by atoms with Crippen molar-refractivity contribution in [3.05, 3.63) is 12.3 Å². The Kier molecular flexibility index (Phi) is 3.85. The number of rotatable bonds is 3. The highest BCUT2D eigenvalue weighted by atomic mass is 32.2. The first-order valence-corrected chi connectivity index (χ1v) is 6.94. The minimum Gasteiger partial charge on any atom is -0.432 e. The van der Waals surface area contributed by atoms with Gasteiger partial charge in [-0.05, 0) is 20.8 Å². The molecule has 0 saturated carbocycles. The van der Waals surface area contributed by atoms with Crippen LogP contribution in [0, 0.1) is 0 Å². The monoisotopic (exact) mass is 271 g/mol. The van der Waals surface area contributed by atoms with Crippen molar-refractivity contribution < 1.29 is 19.1 Å². The van der Waals surface area contributed by atoms with E-state index in [1.807, 2.05) is 13.0 Å². The second kappa shape index (κ2) is 5.22. The maximum atomic E-state index is 11.4. The van der Waals surface area contributed by atoms with E-state index in [2.05, 4.69) is 0 Å². The minimum atomic E-state index is -0.640. The van der Waals surface area contributed by atoms with Crippen molar-refractivity contribution in [2.45, 2.75) is 50.0 Å². The van der Waals surface area contributed by atoms with Gasteiger partial charge in [0, 0.05) is 6.20 Å². The van der Waals surface area contributed by atoms with Gasteiger partial charge in [0.25, 0.3) is 0 Å². The van der Waals surface area contributed by atoms with Gasteiger partial charge in [0.05, 0.1) is 23.1 Å². The third-order valence-electron chi connectivity index (χ3n) is 2.77. The summed E-state index contributed by atoms with van der Waals surface area (Å²) in [5.41, 5.74) is 0. The zero-order chi connectivity index (χ0) is 13.3. The van der Waals surface area contributed by atoms with Crippen LogP contribution >= 0.6 is 11.8 Å². The van der Waals surface area contributed by atoms with E-state index in [0.29, 0.717) is 6.42 Å². The van der Waals surface area contributed by atoms with Crippen LogP contribution in [0.15, 0.2) is 12.3 Å². The van der Waals surface area contributed by atoms with Gasteiger partial charge in [-0.3, -0.25) is 4.79 Å². The van der Waals surface area contributed by atoms with Crippen LogP contribution in [0.2, 0.25) is 0 Å². The van der Waals surface area contributed by atoms with Crippen LogP contribution in [0.5, 0.6) is 0 Å². The molecule has 1 saturated heterocycles. The summed E-state index contributed by atoms with van der Waals surface area (Å²) in [5, 5.41) is 0.263. The Hall–Kier alpha value is -1.17. The Labute approximate surface area is 110 Å². The third kappa shape index (κ3) is 2.80. The van der Waals surface area contributed by atoms with Gasteiger partial charge in [-0.1, -0.05) is 6.08 Å². The topological polar surface area (TPSA) is 55.8 Å². The molecule has 1 fully saturated rings. The first-order chi connectivity index (χ1) is 8.47. The first-order valence-electron chi connectivity index (χ1n) is 5.99. The molecule has 3 atom stereocenters. The van der Waals surface area contributed by atoms with Crippen molar-refractivity contribution in [1.29, 1.82) is 0 Å². The molecule has 0 aromatic heterocycles. The summed E-state index contributed by atoms with van der Waals surface area (Å²) in [6.45, 7) is 5.39. The molecule has 0 N–H and O–H groups in total. The van der Waals surface area contributed by atoms with E-state index < -0.39 is 6.16 Å². The molecule has 2 unspecified atom stereocenters. The maximum absolute atomic E-state index is 11.4. The lowest BCUT2D eigenvalue weighted by Crippen LogP contribution is -2.50. The van der Waals surface area contributed by atoms with E-state index in [-0.39, 0.29) is 28.7 Å². The summed E-state index contributed by atoms with van der Waals surface area (Å²) in [5.74, 6) is 0.148. The van der Waals surface area contributed by atoms with E-state index >= 15 is 0 Å². The molecule has 2 heterocycles. The van der Waals surface area contributed by atoms with Crippen LogP contribution in [0.4, 0.5) is 4.79 Å². The van der Waals surface area contributed by atoms with Crippen LogP contribution < -0.4 is 0 Å². The van der Waals surface area contributed by atoms with Crippen molar-refractivity contribution in [2.75, 3.05) is 0 Å². The number of amides is 1. The molecule has 18 heavy (non-hydrogen) atoms. The van der Waals surface area contributed by atoms with E-state index in [4.69, 9.17) is 9.47 Å². The summed E-state index contributed by atoms with van der Waals surface area (Å²) < 4.78 is 10.1. The normalized spacial score (nSPS) is 27.6. The highest BCUT2D eigenvalue weighted by Crippen LogP contribution is 2.38. The predicted octanol–water partition coefficient (Wildman–Crippen LogP) is 2.12. The molecule has 6 heteroatoms. The number of β-lactam (4-membered cyclic amide) rings is 1. The lowest BCUT2D eigenvalue weighted by molar-refractivity contribution is -0.137. The van der Waals surface area contributed by atoms with Gasteiger partial charge in [-0.25, -0.2) is 4.79 Å². The quantitative estimate of drug-likeness (QED) is 0.581. The number of hydrogen-bond acceptors (Lipinski definition) is 5. The largest absolute Gasteiger partial charge is 0.508 e. The third-order valence-corrected chi connectivity index (χ3v) is 4.34. The van der Waals surface area contributed by atoms with E-state index in [9.17, 15) is 9.59 Å². The first kappa shape index (κ1) is 13.3. The molecule has 0 aromatic rings. The molecular formula is C12H17NO4S. The summed E-state index contributed by atoms with van der Waals surface area (Å²) >= 11 is 1.64. The zero-order valence-electron chi connectivity index (χ0n) is 10.7. The lowest BCUT2D eigenvalue weighted by atomic mass is 10.2. The average molecular weight is 271 g/mol. The maximum Gasteiger partial charge on any atom is 0.508 e. The van der Waals surface area contributed by atoms with Gasteiger partial charge in [-0.2, -0.15) is 0 Å². The molecule has 0 aromatic carbocycles. The summed E-state index contributed by atoms with van der Waals surface area (Å²) in [4.78, 5) is 24.3. The van der Waals surface area contributed by atoms with Gasteiger partial charge in [0.2, 0.25) is 5.91 Å². The Balaban J connectivity index is 1.85. The van der Waals surface area contributed by atoms with Crippen LogP contribution in [-0.4, -0.2) is 39.8 Å². The Morgan fingerprint density at radius 1 is 1.44 bits per heavy atom. The molecule has 5 nitrogen and oxygen atoms in total. The molecule has 1 amide bonds. The number of carbonyl (C=O) groups excluding carboxylic acids is 2. The second-order valence-electron chi connectivity index (χ2n) is 4.64. The fourth-order valence-electron chi connectivity index (χ4n) is 1.80. The van der Waals surface area contributed by atoms with Crippen molar-refractivity contribution >= 4 is 23.8 Å².